The Kier molecular flexibility index (Phi) is 4.90. The Morgan fingerprint density at radius 3 is 2.53 bits per heavy atom. The minimum atomic E-state index is -0.282. The number of ether oxygens (including phenoxy) is 1. The second kappa shape index (κ2) is 6.20. The van der Waals surface area contributed by atoms with Gasteiger partial charge in [-0.15, -0.1) is 0 Å². The zero-order valence-electron chi connectivity index (χ0n) is 9.90. The fourth-order valence-corrected chi connectivity index (χ4v) is 1.35. The van der Waals surface area contributed by atoms with Crippen LogP contribution in [0.3, 0.4) is 0 Å². The van der Waals surface area contributed by atoms with E-state index in [2.05, 4.69) is 5.32 Å². The fourth-order valence-electron chi connectivity index (χ4n) is 1.29. The summed E-state index contributed by atoms with van der Waals surface area (Å²) in [5.41, 5.74) is 6.33. The van der Waals surface area contributed by atoms with E-state index in [1.165, 1.54) is 0 Å². The lowest BCUT2D eigenvalue weighted by Gasteiger charge is -2.12. The summed E-state index contributed by atoms with van der Waals surface area (Å²) in [6.07, 6.45) is 0.303. The van der Waals surface area contributed by atoms with E-state index in [0.717, 1.165) is 11.3 Å². The molecule has 5 heteroatoms. The molecular weight excluding hydrogens is 236 g/mol. The molecule has 1 unspecified atom stereocenters. The number of amides is 1. The van der Waals surface area contributed by atoms with Gasteiger partial charge in [0.2, 0.25) is 5.91 Å². The van der Waals surface area contributed by atoms with Crippen LogP contribution in [0.2, 0.25) is 0 Å². The maximum Gasteiger partial charge on any atom is 0.224 e. The fraction of sp³-hybridized carbons (Fsp3) is 0.333. The molecule has 3 N–H and O–H groups in total. The summed E-state index contributed by atoms with van der Waals surface area (Å²) >= 11 is 4.78. The van der Waals surface area contributed by atoms with Crippen LogP contribution in [0.1, 0.15) is 12.5 Å². The summed E-state index contributed by atoms with van der Waals surface area (Å²) in [5.74, 6) is 0.668. The van der Waals surface area contributed by atoms with E-state index in [1.54, 1.807) is 14.0 Å². The SMILES string of the molecule is COc1ccc(CC(=O)NC(C)C(N)=S)cc1. The summed E-state index contributed by atoms with van der Waals surface area (Å²) in [6.45, 7) is 1.76. The Morgan fingerprint density at radius 2 is 2.06 bits per heavy atom. The van der Waals surface area contributed by atoms with Crippen molar-refractivity contribution in [2.24, 2.45) is 5.73 Å². The molecule has 0 saturated heterocycles. The second-order valence-corrected chi connectivity index (χ2v) is 4.19. The van der Waals surface area contributed by atoms with Crippen LogP contribution in [0.25, 0.3) is 0 Å². The molecule has 1 amide bonds. The highest BCUT2D eigenvalue weighted by molar-refractivity contribution is 7.80. The monoisotopic (exact) mass is 252 g/mol. The van der Waals surface area contributed by atoms with Crippen LogP contribution in [0.4, 0.5) is 0 Å². The maximum absolute atomic E-state index is 11.6. The minimum Gasteiger partial charge on any atom is -0.497 e. The summed E-state index contributed by atoms with van der Waals surface area (Å²) in [6, 6.07) is 7.06. The summed E-state index contributed by atoms with van der Waals surface area (Å²) in [5, 5.41) is 2.72. The first-order valence-electron chi connectivity index (χ1n) is 5.24. The molecule has 92 valence electrons. The lowest BCUT2D eigenvalue weighted by atomic mass is 10.1. The van der Waals surface area contributed by atoms with Gasteiger partial charge in [-0.2, -0.15) is 0 Å². The largest absolute Gasteiger partial charge is 0.497 e. The van der Waals surface area contributed by atoms with Gasteiger partial charge in [0, 0.05) is 0 Å². The van der Waals surface area contributed by atoms with Crippen LogP contribution in [0, 0.1) is 0 Å². The molecule has 0 aromatic heterocycles. The van der Waals surface area contributed by atoms with E-state index in [-0.39, 0.29) is 16.9 Å². The van der Waals surface area contributed by atoms with E-state index in [0.29, 0.717) is 6.42 Å². The molecule has 0 spiro atoms. The summed E-state index contributed by atoms with van der Waals surface area (Å²) in [4.78, 5) is 11.9. The number of carbonyl (C=O) groups is 1. The Hall–Kier alpha value is -1.62. The van der Waals surface area contributed by atoms with E-state index < -0.39 is 0 Å². The van der Waals surface area contributed by atoms with E-state index >= 15 is 0 Å². The van der Waals surface area contributed by atoms with Crippen molar-refractivity contribution in [2.45, 2.75) is 19.4 Å². The van der Waals surface area contributed by atoms with Crippen LogP contribution in [0.15, 0.2) is 24.3 Å². The molecule has 0 heterocycles. The molecule has 0 aliphatic rings. The highest BCUT2D eigenvalue weighted by atomic mass is 32.1. The molecule has 17 heavy (non-hydrogen) atoms. The van der Waals surface area contributed by atoms with Gasteiger partial charge in [0.05, 0.1) is 24.6 Å². The Balaban J connectivity index is 2.53. The zero-order chi connectivity index (χ0) is 12.8. The lowest BCUT2D eigenvalue weighted by molar-refractivity contribution is -0.120. The highest BCUT2D eigenvalue weighted by Gasteiger charge is 2.09. The molecule has 0 radical (unpaired) electrons. The van der Waals surface area contributed by atoms with Crippen LogP contribution in [-0.4, -0.2) is 24.0 Å². The van der Waals surface area contributed by atoms with Gasteiger partial charge in [0.15, 0.2) is 0 Å². The quantitative estimate of drug-likeness (QED) is 0.768. The van der Waals surface area contributed by atoms with E-state index in [9.17, 15) is 4.79 Å². The van der Waals surface area contributed by atoms with Gasteiger partial charge in [-0.1, -0.05) is 24.4 Å². The van der Waals surface area contributed by atoms with Crippen molar-refractivity contribution in [1.82, 2.24) is 5.32 Å². The first-order chi connectivity index (χ1) is 8.02. The third-order valence-electron chi connectivity index (χ3n) is 2.33. The van der Waals surface area contributed by atoms with Gasteiger partial charge in [0.25, 0.3) is 0 Å². The molecule has 4 nitrogen and oxygen atoms in total. The van der Waals surface area contributed by atoms with Gasteiger partial charge < -0.3 is 15.8 Å². The van der Waals surface area contributed by atoms with Crippen molar-refractivity contribution in [3.63, 3.8) is 0 Å². The van der Waals surface area contributed by atoms with Gasteiger partial charge >= 0.3 is 0 Å². The highest BCUT2D eigenvalue weighted by Crippen LogP contribution is 2.11. The van der Waals surface area contributed by atoms with Crippen LogP contribution in [-0.2, 0) is 11.2 Å². The molecule has 0 bridgehead atoms. The van der Waals surface area contributed by atoms with Crippen molar-refractivity contribution < 1.29 is 9.53 Å². The topological polar surface area (TPSA) is 64.3 Å². The Morgan fingerprint density at radius 1 is 1.47 bits per heavy atom. The average Bonchev–Trinajstić information content (AvgIpc) is 2.29. The number of hydrogen-bond acceptors (Lipinski definition) is 3. The minimum absolute atomic E-state index is 0.101. The first-order valence-corrected chi connectivity index (χ1v) is 5.65. The van der Waals surface area contributed by atoms with Crippen LogP contribution < -0.4 is 15.8 Å². The average molecular weight is 252 g/mol. The smallest absolute Gasteiger partial charge is 0.224 e. The summed E-state index contributed by atoms with van der Waals surface area (Å²) in [7, 11) is 1.60. The molecule has 1 rings (SSSR count). The van der Waals surface area contributed by atoms with Gasteiger partial charge in [-0.05, 0) is 24.6 Å². The standard InChI is InChI=1S/C12H16N2O2S/c1-8(12(13)17)14-11(15)7-9-3-5-10(16-2)6-4-9/h3-6,8H,7H2,1-2H3,(H2,13,17)(H,14,15). The normalized spacial score (nSPS) is 11.6. The molecule has 1 aromatic rings. The molecule has 0 aliphatic carbocycles. The molecule has 1 aromatic carbocycles. The first kappa shape index (κ1) is 13.4. The molecule has 1 atom stereocenters. The predicted octanol–water partition coefficient (Wildman–Crippen LogP) is 1.03. The summed E-state index contributed by atoms with van der Waals surface area (Å²) < 4.78 is 5.04. The van der Waals surface area contributed by atoms with Crippen molar-refractivity contribution in [3.8, 4) is 5.75 Å². The third kappa shape index (κ3) is 4.40. The predicted molar refractivity (Wildman–Crippen MR) is 71.1 cm³/mol. The molecular formula is C12H16N2O2S. The molecule has 0 aliphatic heterocycles. The number of nitrogens with one attached hydrogen (secondary N) is 1. The Labute approximate surface area is 106 Å². The third-order valence-corrected chi connectivity index (χ3v) is 2.68. The van der Waals surface area contributed by atoms with Crippen molar-refractivity contribution in [1.29, 1.82) is 0 Å². The number of rotatable bonds is 5. The molecule has 0 fully saturated rings. The number of methoxy groups -OCH3 is 1. The second-order valence-electron chi connectivity index (χ2n) is 3.72. The number of thiocarbonyl (C=S) groups is 1. The number of hydrogen-bond donors (Lipinski definition) is 2. The van der Waals surface area contributed by atoms with E-state index in [1.807, 2.05) is 24.3 Å². The lowest BCUT2D eigenvalue weighted by Crippen LogP contribution is -2.41. The van der Waals surface area contributed by atoms with Crippen LogP contribution in [0.5, 0.6) is 5.75 Å². The van der Waals surface area contributed by atoms with Gasteiger partial charge in [-0.25, -0.2) is 0 Å². The van der Waals surface area contributed by atoms with Gasteiger partial charge in [0.1, 0.15) is 5.75 Å². The number of carbonyl (C=O) groups excluding carboxylic acids is 1. The zero-order valence-corrected chi connectivity index (χ0v) is 10.7. The van der Waals surface area contributed by atoms with Crippen molar-refractivity contribution in [3.05, 3.63) is 29.8 Å². The number of nitrogens with two attached hydrogens (primary N) is 1. The van der Waals surface area contributed by atoms with Gasteiger partial charge in [-0.3, -0.25) is 4.79 Å². The molecule has 0 saturated carbocycles. The van der Waals surface area contributed by atoms with Crippen molar-refractivity contribution in [2.75, 3.05) is 7.11 Å². The number of benzene rings is 1. The van der Waals surface area contributed by atoms with E-state index in [4.69, 9.17) is 22.7 Å². The van der Waals surface area contributed by atoms with Crippen molar-refractivity contribution >= 4 is 23.1 Å². The van der Waals surface area contributed by atoms with Crippen LogP contribution >= 0.6 is 12.2 Å². The maximum atomic E-state index is 11.6. The Bertz CT molecular complexity index is 403.